The summed E-state index contributed by atoms with van der Waals surface area (Å²) in [7, 11) is 0. The summed E-state index contributed by atoms with van der Waals surface area (Å²) in [5, 5.41) is 9.33. The van der Waals surface area contributed by atoms with Gasteiger partial charge in [0.25, 0.3) is 0 Å². The van der Waals surface area contributed by atoms with Gasteiger partial charge in [0.05, 0.1) is 0 Å². The van der Waals surface area contributed by atoms with Crippen molar-refractivity contribution in [1.29, 1.82) is 0 Å². The third-order valence-electron chi connectivity index (χ3n) is 4.98. The number of carbonyl (C=O) groups excluding carboxylic acids is 1. The number of hydrogen-bond acceptors (Lipinski definition) is 2. The summed E-state index contributed by atoms with van der Waals surface area (Å²) in [5.41, 5.74) is 0. The molecule has 4 heteroatoms. The van der Waals surface area contributed by atoms with Crippen LogP contribution in [0.5, 0.6) is 0 Å². The van der Waals surface area contributed by atoms with Crippen LogP contribution in [0.1, 0.15) is 58.8 Å². The first-order valence-corrected chi connectivity index (χ1v) is 7.99. The Morgan fingerprint density at radius 1 is 1.10 bits per heavy atom. The van der Waals surface area contributed by atoms with Crippen molar-refractivity contribution in [2.45, 2.75) is 64.8 Å². The smallest absolute Gasteiger partial charge is 0.326 e. The molecule has 0 aromatic rings. The molecule has 4 atom stereocenters. The van der Waals surface area contributed by atoms with Gasteiger partial charge >= 0.3 is 5.97 Å². The monoisotopic (exact) mass is 281 g/mol. The van der Waals surface area contributed by atoms with Crippen molar-refractivity contribution in [3.63, 3.8) is 0 Å². The maximum Gasteiger partial charge on any atom is 0.326 e. The Morgan fingerprint density at radius 2 is 1.80 bits per heavy atom. The van der Waals surface area contributed by atoms with Gasteiger partial charge in [-0.2, -0.15) is 0 Å². The van der Waals surface area contributed by atoms with Gasteiger partial charge in [0.2, 0.25) is 5.91 Å². The van der Waals surface area contributed by atoms with Crippen molar-refractivity contribution in [2.75, 3.05) is 6.54 Å². The standard InChI is InChI=1S/C16H27NO3/c1-11-4-3-5-13(8-11)10-15(18)17-7-6-12(2)9-14(17)16(19)20/h11-14H,3-10H2,1-2H3,(H,19,20). The third-order valence-corrected chi connectivity index (χ3v) is 4.98. The fraction of sp³-hybridized carbons (Fsp3) is 0.875. The summed E-state index contributed by atoms with van der Waals surface area (Å²) in [6.07, 6.45) is 6.79. The van der Waals surface area contributed by atoms with Gasteiger partial charge in [-0.1, -0.05) is 26.7 Å². The number of amides is 1. The number of aliphatic carboxylic acids is 1. The summed E-state index contributed by atoms with van der Waals surface area (Å²) in [6, 6.07) is -0.604. The Kier molecular flexibility index (Phi) is 5.06. The molecule has 20 heavy (non-hydrogen) atoms. The van der Waals surface area contributed by atoms with Gasteiger partial charge in [0, 0.05) is 13.0 Å². The number of hydrogen-bond donors (Lipinski definition) is 1. The second kappa shape index (κ2) is 6.59. The van der Waals surface area contributed by atoms with Gasteiger partial charge in [-0.25, -0.2) is 4.79 Å². The second-order valence-electron chi connectivity index (χ2n) is 6.91. The Labute approximate surface area is 121 Å². The predicted octanol–water partition coefficient (Wildman–Crippen LogP) is 2.91. The third kappa shape index (κ3) is 3.74. The minimum Gasteiger partial charge on any atom is -0.480 e. The van der Waals surface area contributed by atoms with Gasteiger partial charge in [-0.15, -0.1) is 0 Å². The quantitative estimate of drug-likeness (QED) is 0.865. The average molecular weight is 281 g/mol. The molecular weight excluding hydrogens is 254 g/mol. The minimum absolute atomic E-state index is 0.0587. The molecule has 0 aromatic carbocycles. The van der Waals surface area contributed by atoms with Crippen LogP contribution in [0.4, 0.5) is 0 Å². The highest BCUT2D eigenvalue weighted by Gasteiger charge is 2.35. The molecular formula is C16H27NO3. The minimum atomic E-state index is -0.845. The Bertz CT molecular complexity index is 369. The van der Waals surface area contributed by atoms with Crippen LogP contribution in [-0.2, 0) is 9.59 Å². The van der Waals surface area contributed by atoms with Crippen molar-refractivity contribution in [2.24, 2.45) is 17.8 Å². The van der Waals surface area contributed by atoms with Gasteiger partial charge in [-0.05, 0) is 43.4 Å². The predicted molar refractivity (Wildman–Crippen MR) is 77.3 cm³/mol. The molecule has 0 spiro atoms. The van der Waals surface area contributed by atoms with Crippen molar-refractivity contribution in [1.82, 2.24) is 4.90 Å². The molecule has 0 radical (unpaired) electrons. The van der Waals surface area contributed by atoms with Crippen LogP contribution in [0, 0.1) is 17.8 Å². The van der Waals surface area contributed by atoms with E-state index in [2.05, 4.69) is 13.8 Å². The molecule has 0 aromatic heterocycles. The van der Waals surface area contributed by atoms with E-state index in [-0.39, 0.29) is 5.91 Å². The van der Waals surface area contributed by atoms with Gasteiger partial charge in [0.1, 0.15) is 6.04 Å². The molecule has 114 valence electrons. The van der Waals surface area contributed by atoms with E-state index in [1.54, 1.807) is 4.90 Å². The van der Waals surface area contributed by atoms with E-state index in [9.17, 15) is 14.7 Å². The molecule has 1 aliphatic carbocycles. The SMILES string of the molecule is CC1CCCC(CC(=O)N2CCC(C)CC2C(=O)O)C1. The molecule has 4 nitrogen and oxygen atoms in total. The number of nitrogens with zero attached hydrogens (tertiary/aromatic N) is 1. The second-order valence-corrected chi connectivity index (χ2v) is 6.91. The van der Waals surface area contributed by atoms with Crippen molar-refractivity contribution < 1.29 is 14.7 Å². The fourth-order valence-electron chi connectivity index (χ4n) is 3.78. The molecule has 0 bridgehead atoms. The number of carboxylic acid groups (broad SMARTS) is 1. The lowest BCUT2D eigenvalue weighted by Crippen LogP contribution is -2.50. The molecule has 1 N–H and O–H groups in total. The van der Waals surface area contributed by atoms with Crippen LogP contribution in [0.15, 0.2) is 0 Å². The topological polar surface area (TPSA) is 57.6 Å². The van der Waals surface area contributed by atoms with Crippen molar-refractivity contribution in [3.05, 3.63) is 0 Å². The Hall–Kier alpha value is -1.06. The highest BCUT2D eigenvalue weighted by molar-refractivity contribution is 5.84. The van der Waals surface area contributed by atoms with E-state index in [0.717, 1.165) is 19.3 Å². The normalized spacial score (nSPS) is 34.8. The van der Waals surface area contributed by atoms with Gasteiger partial charge in [-0.3, -0.25) is 4.79 Å². The molecule has 1 heterocycles. The lowest BCUT2D eigenvalue weighted by Gasteiger charge is -2.37. The summed E-state index contributed by atoms with van der Waals surface area (Å²) < 4.78 is 0. The van der Waals surface area contributed by atoms with Crippen LogP contribution in [0.2, 0.25) is 0 Å². The van der Waals surface area contributed by atoms with Gasteiger partial charge < -0.3 is 10.0 Å². The zero-order chi connectivity index (χ0) is 14.7. The molecule has 2 rings (SSSR count). The largest absolute Gasteiger partial charge is 0.480 e. The lowest BCUT2D eigenvalue weighted by atomic mass is 9.80. The lowest BCUT2D eigenvalue weighted by molar-refractivity contribution is -0.153. The average Bonchev–Trinajstić information content (AvgIpc) is 2.38. The van der Waals surface area contributed by atoms with E-state index >= 15 is 0 Å². The van der Waals surface area contributed by atoms with Crippen LogP contribution in [0.25, 0.3) is 0 Å². The number of rotatable bonds is 3. The first-order valence-electron chi connectivity index (χ1n) is 7.99. The van der Waals surface area contributed by atoms with Crippen molar-refractivity contribution in [3.8, 4) is 0 Å². The summed E-state index contributed by atoms with van der Waals surface area (Å²) in [6.45, 7) is 4.93. The first kappa shape index (κ1) is 15.3. The Balaban J connectivity index is 1.94. The highest BCUT2D eigenvalue weighted by atomic mass is 16.4. The summed E-state index contributed by atoms with van der Waals surface area (Å²) in [4.78, 5) is 25.4. The van der Waals surface area contributed by atoms with E-state index in [1.807, 2.05) is 0 Å². The molecule has 1 aliphatic heterocycles. The van der Waals surface area contributed by atoms with E-state index < -0.39 is 12.0 Å². The number of carbonyl (C=O) groups is 2. The number of likely N-dealkylation sites (tertiary alicyclic amines) is 1. The van der Waals surface area contributed by atoms with Crippen LogP contribution < -0.4 is 0 Å². The molecule has 1 amide bonds. The molecule has 1 saturated carbocycles. The summed E-state index contributed by atoms with van der Waals surface area (Å²) >= 11 is 0. The molecule has 2 fully saturated rings. The molecule has 4 unspecified atom stereocenters. The highest BCUT2D eigenvalue weighted by Crippen LogP contribution is 2.32. The van der Waals surface area contributed by atoms with Crippen molar-refractivity contribution >= 4 is 11.9 Å². The van der Waals surface area contributed by atoms with E-state index in [4.69, 9.17) is 0 Å². The Morgan fingerprint density at radius 3 is 2.45 bits per heavy atom. The van der Waals surface area contributed by atoms with Crippen LogP contribution in [0.3, 0.4) is 0 Å². The number of piperidine rings is 1. The van der Waals surface area contributed by atoms with Crippen LogP contribution in [-0.4, -0.2) is 34.5 Å². The molecule has 2 aliphatic rings. The van der Waals surface area contributed by atoms with E-state index in [0.29, 0.717) is 37.1 Å². The van der Waals surface area contributed by atoms with Gasteiger partial charge in [0.15, 0.2) is 0 Å². The first-order chi connectivity index (χ1) is 9.47. The maximum atomic E-state index is 12.5. The molecule has 1 saturated heterocycles. The maximum absolute atomic E-state index is 12.5. The zero-order valence-electron chi connectivity index (χ0n) is 12.7. The zero-order valence-corrected chi connectivity index (χ0v) is 12.7. The summed E-state index contributed by atoms with van der Waals surface area (Å²) in [5.74, 6) is 0.776. The fourth-order valence-corrected chi connectivity index (χ4v) is 3.78. The number of carboxylic acids is 1. The van der Waals surface area contributed by atoms with Crippen LogP contribution >= 0.6 is 0 Å². The van der Waals surface area contributed by atoms with E-state index in [1.165, 1.54) is 12.8 Å².